The molecule has 4 aromatic rings. The summed E-state index contributed by atoms with van der Waals surface area (Å²) in [5.41, 5.74) is 3.75. The molecule has 0 spiro atoms. The highest BCUT2D eigenvalue weighted by Gasteiger charge is 2.26. The molecule has 1 amide bonds. The lowest BCUT2D eigenvalue weighted by atomic mass is 9.86. The Kier molecular flexibility index (Phi) is 5.48. The lowest BCUT2D eigenvalue weighted by Gasteiger charge is -2.22. The molecule has 5 rings (SSSR count). The number of nitrogens with zero attached hydrogens (tertiary/aromatic N) is 2. The van der Waals surface area contributed by atoms with Crippen molar-refractivity contribution in [3.63, 3.8) is 0 Å². The van der Waals surface area contributed by atoms with Crippen LogP contribution in [0, 0.1) is 6.92 Å². The number of pyridine rings is 1. The van der Waals surface area contributed by atoms with Crippen LogP contribution < -0.4 is 5.32 Å². The van der Waals surface area contributed by atoms with Gasteiger partial charge in [-0.3, -0.25) is 4.79 Å². The normalized spacial score (nSPS) is 14.3. The van der Waals surface area contributed by atoms with Gasteiger partial charge in [-0.05, 0) is 61.6 Å². The van der Waals surface area contributed by atoms with E-state index in [4.69, 9.17) is 18.7 Å². The maximum absolute atomic E-state index is 13.2. The van der Waals surface area contributed by atoms with Crippen LogP contribution in [0.4, 0.5) is 5.82 Å². The average molecular weight is 443 g/mol. The van der Waals surface area contributed by atoms with Gasteiger partial charge in [0.05, 0.1) is 23.0 Å². The van der Waals surface area contributed by atoms with E-state index in [1.165, 1.54) is 0 Å². The van der Waals surface area contributed by atoms with E-state index in [9.17, 15) is 9.59 Å². The Morgan fingerprint density at radius 1 is 1.18 bits per heavy atom. The van der Waals surface area contributed by atoms with Crippen molar-refractivity contribution >= 4 is 40.2 Å². The van der Waals surface area contributed by atoms with Gasteiger partial charge < -0.3 is 19.0 Å². The Hall–Kier alpha value is -4.20. The molecule has 8 heteroatoms. The van der Waals surface area contributed by atoms with Crippen molar-refractivity contribution in [1.82, 2.24) is 10.1 Å². The highest BCUT2D eigenvalue weighted by atomic mass is 16.5. The number of amides is 1. The lowest BCUT2D eigenvalue weighted by molar-refractivity contribution is -0.119. The number of furan rings is 1. The molecule has 0 atom stereocenters. The standard InChI is InChI=1S/C25H21N3O5/c1-15-12-21(28-33-15)27-22(29)14-32-25(30)23-18-8-2-3-10-20(18)26-24-16(6-4-9-19(23)24)13-17-7-5-11-31-17/h2-3,5,7-8,10-13H,4,6,9,14H2,1H3,(H,27,28,29). The average Bonchev–Trinajstić information content (AvgIpc) is 3.48. The van der Waals surface area contributed by atoms with Crippen LogP contribution in [0.2, 0.25) is 0 Å². The number of benzene rings is 1. The fourth-order valence-electron chi connectivity index (χ4n) is 4.06. The molecule has 1 aliphatic rings. The number of anilines is 1. The van der Waals surface area contributed by atoms with Gasteiger partial charge in [-0.1, -0.05) is 23.4 Å². The Morgan fingerprint density at radius 3 is 2.85 bits per heavy atom. The second-order valence-electron chi connectivity index (χ2n) is 7.82. The number of nitrogens with one attached hydrogen (secondary N) is 1. The summed E-state index contributed by atoms with van der Waals surface area (Å²) < 4.78 is 15.8. The van der Waals surface area contributed by atoms with Crippen LogP contribution in [-0.2, 0) is 16.0 Å². The third kappa shape index (κ3) is 4.27. The number of ether oxygens (including phenoxy) is 1. The molecule has 0 saturated carbocycles. The van der Waals surface area contributed by atoms with Gasteiger partial charge in [0.2, 0.25) is 0 Å². The first-order valence-corrected chi connectivity index (χ1v) is 10.6. The number of carbonyl (C=O) groups excluding carboxylic acids is 2. The van der Waals surface area contributed by atoms with Gasteiger partial charge in [-0.2, -0.15) is 0 Å². The van der Waals surface area contributed by atoms with Gasteiger partial charge in [0.1, 0.15) is 11.5 Å². The summed E-state index contributed by atoms with van der Waals surface area (Å²) in [4.78, 5) is 30.3. The second-order valence-corrected chi connectivity index (χ2v) is 7.82. The van der Waals surface area contributed by atoms with E-state index in [0.717, 1.165) is 35.4 Å². The van der Waals surface area contributed by atoms with Gasteiger partial charge in [-0.15, -0.1) is 0 Å². The molecule has 0 radical (unpaired) electrons. The minimum atomic E-state index is -0.560. The minimum absolute atomic E-state index is 0.271. The third-order valence-corrected chi connectivity index (χ3v) is 5.46. The van der Waals surface area contributed by atoms with Gasteiger partial charge in [0.25, 0.3) is 5.91 Å². The van der Waals surface area contributed by atoms with Crippen LogP contribution in [0.3, 0.4) is 0 Å². The van der Waals surface area contributed by atoms with E-state index in [1.807, 2.05) is 42.5 Å². The Balaban J connectivity index is 1.47. The molecular weight excluding hydrogens is 422 g/mol. The monoisotopic (exact) mass is 443 g/mol. The van der Waals surface area contributed by atoms with E-state index >= 15 is 0 Å². The largest absolute Gasteiger partial charge is 0.465 e. The predicted octanol–water partition coefficient (Wildman–Crippen LogP) is 4.80. The smallest absolute Gasteiger partial charge is 0.339 e. The summed E-state index contributed by atoms with van der Waals surface area (Å²) in [5.74, 6) is 0.512. The molecule has 0 unspecified atom stereocenters. The molecule has 0 saturated heterocycles. The van der Waals surface area contributed by atoms with Crippen molar-refractivity contribution < 1.29 is 23.3 Å². The molecule has 0 fully saturated rings. The molecule has 0 bridgehead atoms. The van der Waals surface area contributed by atoms with Crippen LogP contribution in [-0.4, -0.2) is 28.6 Å². The third-order valence-electron chi connectivity index (χ3n) is 5.46. The van der Waals surface area contributed by atoms with Gasteiger partial charge in [0, 0.05) is 11.5 Å². The van der Waals surface area contributed by atoms with Gasteiger partial charge in [0.15, 0.2) is 12.4 Å². The molecule has 1 N–H and O–H groups in total. The minimum Gasteiger partial charge on any atom is -0.465 e. The SMILES string of the molecule is Cc1cc(NC(=O)COC(=O)c2c3c(nc4ccccc24)C(=Cc2ccco2)CCC3)no1. The first-order valence-electron chi connectivity index (χ1n) is 10.6. The number of aromatic nitrogens is 2. The van der Waals surface area contributed by atoms with E-state index < -0.39 is 18.5 Å². The number of esters is 1. The van der Waals surface area contributed by atoms with Crippen molar-refractivity contribution in [1.29, 1.82) is 0 Å². The highest BCUT2D eigenvalue weighted by Crippen LogP contribution is 2.36. The van der Waals surface area contributed by atoms with E-state index in [0.29, 0.717) is 28.6 Å². The Bertz CT molecular complexity index is 1370. The molecule has 8 nitrogen and oxygen atoms in total. The van der Waals surface area contributed by atoms with E-state index in [1.54, 1.807) is 19.3 Å². The number of hydrogen-bond acceptors (Lipinski definition) is 7. The van der Waals surface area contributed by atoms with Crippen LogP contribution in [0.15, 0.2) is 57.7 Å². The maximum Gasteiger partial charge on any atom is 0.339 e. The van der Waals surface area contributed by atoms with E-state index in [2.05, 4.69) is 10.5 Å². The molecule has 1 aliphatic carbocycles. The molecule has 33 heavy (non-hydrogen) atoms. The topological polar surface area (TPSA) is 107 Å². The van der Waals surface area contributed by atoms with Gasteiger partial charge in [-0.25, -0.2) is 9.78 Å². The van der Waals surface area contributed by atoms with Crippen LogP contribution >= 0.6 is 0 Å². The zero-order valence-electron chi connectivity index (χ0n) is 18.0. The fourth-order valence-corrected chi connectivity index (χ4v) is 4.06. The summed E-state index contributed by atoms with van der Waals surface area (Å²) in [6, 6.07) is 12.7. The zero-order chi connectivity index (χ0) is 22.8. The summed E-state index contributed by atoms with van der Waals surface area (Å²) in [6.07, 6.45) is 5.97. The fraction of sp³-hybridized carbons (Fsp3) is 0.200. The lowest BCUT2D eigenvalue weighted by Crippen LogP contribution is -2.22. The first-order chi connectivity index (χ1) is 16.1. The number of hydrogen-bond donors (Lipinski definition) is 1. The Labute approximate surface area is 189 Å². The number of rotatable bonds is 5. The summed E-state index contributed by atoms with van der Waals surface area (Å²) >= 11 is 0. The predicted molar refractivity (Wildman–Crippen MR) is 121 cm³/mol. The van der Waals surface area contributed by atoms with Crippen molar-refractivity contribution in [2.75, 3.05) is 11.9 Å². The highest BCUT2D eigenvalue weighted by molar-refractivity contribution is 6.07. The quantitative estimate of drug-likeness (QED) is 0.442. The van der Waals surface area contributed by atoms with Crippen LogP contribution in [0.1, 0.15) is 46.0 Å². The van der Waals surface area contributed by atoms with Crippen LogP contribution in [0.25, 0.3) is 22.6 Å². The molecule has 1 aromatic carbocycles. The molecule has 3 aromatic heterocycles. The number of carbonyl (C=O) groups is 2. The molecule has 0 aliphatic heterocycles. The summed E-state index contributed by atoms with van der Waals surface area (Å²) in [7, 11) is 0. The van der Waals surface area contributed by atoms with Crippen molar-refractivity contribution in [3.8, 4) is 0 Å². The molecule has 166 valence electrons. The van der Waals surface area contributed by atoms with Crippen molar-refractivity contribution in [2.24, 2.45) is 0 Å². The molecule has 3 heterocycles. The molecular formula is C25H21N3O5. The maximum atomic E-state index is 13.2. The number of para-hydroxylation sites is 1. The van der Waals surface area contributed by atoms with Crippen molar-refractivity contribution in [3.05, 3.63) is 77.1 Å². The summed E-state index contributed by atoms with van der Waals surface area (Å²) in [5, 5.41) is 6.96. The second kappa shape index (κ2) is 8.74. The van der Waals surface area contributed by atoms with Crippen LogP contribution in [0.5, 0.6) is 0 Å². The number of aryl methyl sites for hydroxylation is 1. The van der Waals surface area contributed by atoms with Crippen molar-refractivity contribution in [2.45, 2.75) is 26.2 Å². The first kappa shape index (κ1) is 20.7. The summed E-state index contributed by atoms with van der Waals surface area (Å²) in [6.45, 7) is 1.28. The number of allylic oxidation sites excluding steroid dienone is 1. The number of fused-ring (bicyclic) bond motifs is 2. The Morgan fingerprint density at radius 2 is 2.06 bits per heavy atom. The van der Waals surface area contributed by atoms with E-state index in [-0.39, 0.29) is 5.82 Å². The van der Waals surface area contributed by atoms with Gasteiger partial charge >= 0.3 is 5.97 Å². The zero-order valence-corrected chi connectivity index (χ0v) is 18.0.